The summed E-state index contributed by atoms with van der Waals surface area (Å²) in [5.41, 5.74) is 7.08. The third kappa shape index (κ3) is 1.39. The van der Waals surface area contributed by atoms with Crippen molar-refractivity contribution in [2.45, 2.75) is 13.5 Å². The Kier molecular flexibility index (Phi) is 2.05. The molecule has 6 heteroatoms. The lowest BCUT2D eigenvalue weighted by molar-refractivity contribution is 0.421. The van der Waals surface area contributed by atoms with Gasteiger partial charge in [-0.3, -0.25) is 4.68 Å². The van der Waals surface area contributed by atoms with Crippen LogP contribution in [0.1, 0.15) is 11.5 Å². The van der Waals surface area contributed by atoms with E-state index in [-0.39, 0.29) is 6.54 Å². The topological polar surface area (TPSA) is 82.8 Å². The minimum Gasteiger partial charge on any atom is -0.332 e. The number of aryl methyl sites for hydroxylation is 2. The summed E-state index contributed by atoms with van der Waals surface area (Å²) in [6.45, 7) is 2.23. The van der Waals surface area contributed by atoms with E-state index in [2.05, 4.69) is 15.2 Å². The molecule has 0 radical (unpaired) electrons. The van der Waals surface area contributed by atoms with Gasteiger partial charge in [-0.05, 0) is 13.0 Å². The van der Waals surface area contributed by atoms with Crippen molar-refractivity contribution in [1.82, 2.24) is 19.9 Å². The number of nitrogens with two attached hydrogens (primary N) is 1. The Hall–Kier alpha value is -1.69. The van der Waals surface area contributed by atoms with E-state index in [9.17, 15) is 0 Å². The Morgan fingerprint density at radius 2 is 2.36 bits per heavy atom. The van der Waals surface area contributed by atoms with Gasteiger partial charge in [0.1, 0.15) is 0 Å². The number of nitrogens with zero attached hydrogens (tertiary/aromatic N) is 4. The number of rotatable bonds is 2. The molecule has 2 N–H and O–H groups in total. The molecule has 2 heterocycles. The van der Waals surface area contributed by atoms with E-state index in [1.54, 1.807) is 4.68 Å². The third-order valence-corrected chi connectivity index (χ3v) is 1.98. The van der Waals surface area contributed by atoms with Gasteiger partial charge in [-0.2, -0.15) is 10.1 Å². The second-order valence-corrected chi connectivity index (χ2v) is 3.01. The van der Waals surface area contributed by atoms with E-state index in [0.717, 1.165) is 5.69 Å². The van der Waals surface area contributed by atoms with Gasteiger partial charge in [0.2, 0.25) is 0 Å². The maximum absolute atomic E-state index is 5.37. The SMILES string of the molecule is Cc1cc(-c2nc(CN)no2)nn1C. The summed E-state index contributed by atoms with van der Waals surface area (Å²) >= 11 is 0. The first-order valence-electron chi connectivity index (χ1n) is 4.24. The molecule has 74 valence electrons. The Labute approximate surface area is 80.7 Å². The normalized spacial score (nSPS) is 10.8. The zero-order valence-electron chi connectivity index (χ0n) is 8.06. The molecule has 0 aliphatic heterocycles. The van der Waals surface area contributed by atoms with Gasteiger partial charge in [0.05, 0.1) is 6.54 Å². The summed E-state index contributed by atoms with van der Waals surface area (Å²) in [5, 5.41) is 7.90. The molecule has 0 amide bonds. The van der Waals surface area contributed by atoms with Gasteiger partial charge in [0, 0.05) is 12.7 Å². The van der Waals surface area contributed by atoms with Crippen LogP contribution in [-0.4, -0.2) is 19.9 Å². The lowest BCUT2D eigenvalue weighted by Gasteiger charge is -1.88. The molecule has 14 heavy (non-hydrogen) atoms. The number of hydrogen-bond acceptors (Lipinski definition) is 5. The molecule has 0 saturated carbocycles. The largest absolute Gasteiger partial charge is 0.332 e. The van der Waals surface area contributed by atoms with E-state index in [1.165, 1.54) is 0 Å². The molecule has 0 fully saturated rings. The highest BCUT2D eigenvalue weighted by Crippen LogP contribution is 2.15. The van der Waals surface area contributed by atoms with Gasteiger partial charge in [0.15, 0.2) is 11.5 Å². The molecular formula is C8H11N5O. The van der Waals surface area contributed by atoms with E-state index < -0.39 is 0 Å². The van der Waals surface area contributed by atoms with Crippen LogP contribution < -0.4 is 5.73 Å². The third-order valence-electron chi connectivity index (χ3n) is 1.98. The van der Waals surface area contributed by atoms with Crippen molar-refractivity contribution >= 4 is 0 Å². The fourth-order valence-corrected chi connectivity index (χ4v) is 1.11. The van der Waals surface area contributed by atoms with Crippen molar-refractivity contribution in [3.05, 3.63) is 17.6 Å². The minimum atomic E-state index is 0.273. The first-order valence-corrected chi connectivity index (χ1v) is 4.24. The second-order valence-electron chi connectivity index (χ2n) is 3.01. The molecule has 6 nitrogen and oxygen atoms in total. The van der Waals surface area contributed by atoms with Crippen LogP contribution in [0.3, 0.4) is 0 Å². The molecular weight excluding hydrogens is 182 g/mol. The van der Waals surface area contributed by atoms with Crippen molar-refractivity contribution < 1.29 is 4.52 Å². The summed E-state index contributed by atoms with van der Waals surface area (Å²) in [6.07, 6.45) is 0. The summed E-state index contributed by atoms with van der Waals surface area (Å²) < 4.78 is 6.74. The van der Waals surface area contributed by atoms with Crippen LogP contribution in [-0.2, 0) is 13.6 Å². The smallest absolute Gasteiger partial charge is 0.278 e. The fraction of sp³-hybridized carbons (Fsp3) is 0.375. The predicted molar refractivity (Wildman–Crippen MR) is 49.1 cm³/mol. The molecule has 0 aliphatic rings. The van der Waals surface area contributed by atoms with Crippen LogP contribution in [0.5, 0.6) is 0 Å². The second kappa shape index (κ2) is 3.22. The van der Waals surface area contributed by atoms with Crippen LogP contribution in [0.4, 0.5) is 0 Å². The molecule has 0 aromatic carbocycles. The van der Waals surface area contributed by atoms with Crippen LogP contribution in [0.15, 0.2) is 10.6 Å². The Bertz CT molecular complexity index is 425. The minimum absolute atomic E-state index is 0.273. The molecule has 0 saturated heterocycles. The fourth-order valence-electron chi connectivity index (χ4n) is 1.11. The highest BCUT2D eigenvalue weighted by Gasteiger charge is 2.11. The Morgan fingerprint density at radius 1 is 1.57 bits per heavy atom. The van der Waals surface area contributed by atoms with Gasteiger partial charge < -0.3 is 10.3 Å². The lowest BCUT2D eigenvalue weighted by Crippen LogP contribution is -1.97. The van der Waals surface area contributed by atoms with Crippen LogP contribution in [0.25, 0.3) is 11.6 Å². The zero-order valence-corrected chi connectivity index (χ0v) is 8.06. The first kappa shape index (κ1) is 8.89. The molecule has 0 unspecified atom stereocenters. The molecule has 2 aromatic heterocycles. The molecule has 0 atom stereocenters. The van der Waals surface area contributed by atoms with Gasteiger partial charge in [-0.1, -0.05) is 5.16 Å². The first-order chi connectivity index (χ1) is 6.70. The van der Waals surface area contributed by atoms with Gasteiger partial charge >= 0.3 is 0 Å². The highest BCUT2D eigenvalue weighted by molar-refractivity contribution is 5.46. The highest BCUT2D eigenvalue weighted by atomic mass is 16.5. The quantitative estimate of drug-likeness (QED) is 0.738. The molecule has 2 rings (SSSR count). The summed E-state index contributed by atoms with van der Waals surface area (Å²) in [6, 6.07) is 1.88. The van der Waals surface area contributed by atoms with Crippen molar-refractivity contribution in [2.75, 3.05) is 0 Å². The van der Waals surface area contributed by atoms with Crippen LogP contribution in [0, 0.1) is 6.92 Å². The average molecular weight is 193 g/mol. The van der Waals surface area contributed by atoms with E-state index >= 15 is 0 Å². The van der Waals surface area contributed by atoms with Crippen molar-refractivity contribution in [3.63, 3.8) is 0 Å². The number of hydrogen-bond donors (Lipinski definition) is 1. The molecule has 0 spiro atoms. The summed E-state index contributed by atoms with van der Waals surface area (Å²) in [5.74, 6) is 0.900. The summed E-state index contributed by atoms with van der Waals surface area (Å²) in [7, 11) is 1.86. The maximum Gasteiger partial charge on any atom is 0.278 e. The monoisotopic (exact) mass is 193 g/mol. The molecule has 0 bridgehead atoms. The van der Waals surface area contributed by atoms with Crippen molar-refractivity contribution in [3.8, 4) is 11.6 Å². The average Bonchev–Trinajstić information content (AvgIpc) is 2.74. The Balaban J connectivity index is 2.39. The standard InChI is InChI=1S/C8H11N5O/c1-5-3-6(11-13(5)2)8-10-7(4-9)12-14-8/h3H,4,9H2,1-2H3. The van der Waals surface area contributed by atoms with E-state index in [1.807, 2.05) is 20.0 Å². The lowest BCUT2D eigenvalue weighted by atomic mass is 10.4. The van der Waals surface area contributed by atoms with Gasteiger partial charge in [-0.15, -0.1) is 0 Å². The molecule has 2 aromatic rings. The van der Waals surface area contributed by atoms with E-state index in [0.29, 0.717) is 17.4 Å². The maximum atomic E-state index is 5.37. The van der Waals surface area contributed by atoms with Gasteiger partial charge in [-0.25, -0.2) is 0 Å². The van der Waals surface area contributed by atoms with E-state index in [4.69, 9.17) is 10.3 Å². The van der Waals surface area contributed by atoms with Gasteiger partial charge in [0.25, 0.3) is 5.89 Å². The van der Waals surface area contributed by atoms with Crippen LogP contribution in [0.2, 0.25) is 0 Å². The zero-order chi connectivity index (χ0) is 10.1. The van der Waals surface area contributed by atoms with Crippen LogP contribution >= 0.6 is 0 Å². The van der Waals surface area contributed by atoms with Crippen molar-refractivity contribution in [2.24, 2.45) is 12.8 Å². The Morgan fingerprint density at radius 3 is 2.86 bits per heavy atom. The molecule has 0 aliphatic carbocycles. The van der Waals surface area contributed by atoms with Crippen molar-refractivity contribution in [1.29, 1.82) is 0 Å². The summed E-state index contributed by atoms with van der Waals surface area (Å²) in [4.78, 5) is 4.07. The predicted octanol–water partition coefficient (Wildman–Crippen LogP) is 0.237. The number of aromatic nitrogens is 4.